The maximum absolute atomic E-state index is 12.5. The van der Waals surface area contributed by atoms with Gasteiger partial charge in [0.25, 0.3) is 0 Å². The molecule has 3 nitrogen and oxygen atoms in total. The van der Waals surface area contributed by atoms with Crippen molar-refractivity contribution >= 4 is 5.78 Å². The third-order valence-corrected chi connectivity index (χ3v) is 3.18. The van der Waals surface area contributed by atoms with E-state index in [2.05, 4.69) is 4.90 Å². The quantitative estimate of drug-likeness (QED) is 0.769. The lowest BCUT2D eigenvalue weighted by Crippen LogP contribution is -2.47. The van der Waals surface area contributed by atoms with Crippen LogP contribution < -0.4 is 0 Å². The van der Waals surface area contributed by atoms with Gasteiger partial charge < -0.3 is 5.11 Å². The number of rotatable bonds is 7. The van der Waals surface area contributed by atoms with E-state index in [-0.39, 0.29) is 11.8 Å². The van der Waals surface area contributed by atoms with Gasteiger partial charge in [-0.3, -0.25) is 9.69 Å². The maximum Gasteiger partial charge on any atom is 0.179 e. The van der Waals surface area contributed by atoms with Crippen LogP contribution in [0.15, 0.2) is 30.3 Å². The van der Waals surface area contributed by atoms with Crippen LogP contribution in [0.1, 0.15) is 44.5 Å². The number of benzene rings is 1. The summed E-state index contributed by atoms with van der Waals surface area (Å²) in [5.41, 5.74) is -0.0519. The van der Waals surface area contributed by atoms with Crippen molar-refractivity contribution < 1.29 is 9.90 Å². The van der Waals surface area contributed by atoms with Crippen LogP contribution in [0.25, 0.3) is 0 Å². The van der Waals surface area contributed by atoms with Gasteiger partial charge in [0.05, 0.1) is 11.6 Å². The molecule has 3 heteroatoms. The Balaban J connectivity index is 2.89. The molecule has 1 atom stereocenters. The monoisotopic (exact) mass is 263 g/mol. The number of hydrogen-bond acceptors (Lipinski definition) is 3. The first-order valence-electron chi connectivity index (χ1n) is 6.94. The number of Topliss-reactive ketones (excluding diaryl/α,β-unsaturated/α-hetero) is 1. The Hall–Kier alpha value is -1.19. The molecule has 0 aliphatic rings. The molecular formula is C16H25NO2. The molecule has 0 aliphatic carbocycles. The highest BCUT2D eigenvalue weighted by Gasteiger charge is 2.28. The van der Waals surface area contributed by atoms with E-state index < -0.39 is 5.60 Å². The minimum Gasteiger partial charge on any atom is -0.389 e. The first-order valence-corrected chi connectivity index (χ1v) is 6.94. The van der Waals surface area contributed by atoms with E-state index in [0.29, 0.717) is 6.54 Å². The van der Waals surface area contributed by atoms with E-state index in [1.165, 1.54) is 0 Å². The van der Waals surface area contributed by atoms with Gasteiger partial charge in [0.15, 0.2) is 5.78 Å². The molecule has 1 N–H and O–H groups in total. The van der Waals surface area contributed by atoms with Crippen molar-refractivity contribution in [2.45, 2.75) is 45.8 Å². The number of likely N-dealkylation sites (N-methyl/N-ethyl adjacent to an activating group) is 1. The molecular weight excluding hydrogens is 238 g/mol. The molecule has 1 aromatic rings. The molecule has 1 unspecified atom stereocenters. The van der Waals surface area contributed by atoms with Gasteiger partial charge >= 0.3 is 0 Å². The van der Waals surface area contributed by atoms with Gasteiger partial charge in [-0.2, -0.15) is 0 Å². The van der Waals surface area contributed by atoms with E-state index in [9.17, 15) is 9.90 Å². The molecule has 106 valence electrons. The summed E-state index contributed by atoms with van der Waals surface area (Å²) in [6.07, 6.45) is 0.748. The van der Waals surface area contributed by atoms with Crippen LogP contribution in [0.4, 0.5) is 0 Å². The molecule has 0 saturated heterocycles. The topological polar surface area (TPSA) is 40.5 Å². The summed E-state index contributed by atoms with van der Waals surface area (Å²) in [4.78, 5) is 14.6. The molecule has 0 heterocycles. The third kappa shape index (κ3) is 4.77. The number of hydrogen-bond donors (Lipinski definition) is 1. The zero-order chi connectivity index (χ0) is 14.5. The Morgan fingerprint density at radius 1 is 1.26 bits per heavy atom. The van der Waals surface area contributed by atoms with E-state index in [0.717, 1.165) is 18.5 Å². The van der Waals surface area contributed by atoms with Gasteiger partial charge in [-0.15, -0.1) is 0 Å². The van der Waals surface area contributed by atoms with Gasteiger partial charge in [0.2, 0.25) is 0 Å². The largest absolute Gasteiger partial charge is 0.389 e. The first kappa shape index (κ1) is 15.9. The zero-order valence-corrected chi connectivity index (χ0v) is 12.4. The van der Waals surface area contributed by atoms with Crippen molar-refractivity contribution in [2.75, 3.05) is 13.1 Å². The Bertz CT molecular complexity index is 395. The second-order valence-corrected chi connectivity index (χ2v) is 5.53. The number of aliphatic hydroxyl groups is 1. The summed E-state index contributed by atoms with van der Waals surface area (Å²) in [6.45, 7) is 8.83. The molecule has 0 saturated carbocycles. The number of nitrogens with zero attached hydrogens (tertiary/aromatic N) is 1. The second kappa shape index (κ2) is 6.83. The van der Waals surface area contributed by atoms with Gasteiger partial charge in [0, 0.05) is 12.1 Å². The first-order chi connectivity index (χ1) is 8.89. The molecule has 0 aliphatic heterocycles. The van der Waals surface area contributed by atoms with Crippen LogP contribution in [-0.4, -0.2) is 40.5 Å². The summed E-state index contributed by atoms with van der Waals surface area (Å²) < 4.78 is 0. The minimum atomic E-state index is -0.791. The standard InChI is InChI=1S/C16H25NO2/c1-5-14(17(6-2)12-16(3,4)19)15(18)13-10-8-7-9-11-13/h7-11,14,19H,5-6,12H2,1-4H3. The van der Waals surface area contributed by atoms with Crippen molar-refractivity contribution in [1.82, 2.24) is 4.90 Å². The predicted octanol–water partition coefficient (Wildman–Crippen LogP) is 2.74. The molecule has 0 spiro atoms. The zero-order valence-electron chi connectivity index (χ0n) is 12.4. The Morgan fingerprint density at radius 3 is 2.26 bits per heavy atom. The SMILES string of the molecule is CCC(C(=O)c1ccccc1)N(CC)CC(C)(C)O. The van der Waals surface area contributed by atoms with E-state index >= 15 is 0 Å². The second-order valence-electron chi connectivity index (χ2n) is 5.53. The fourth-order valence-corrected chi connectivity index (χ4v) is 2.34. The highest BCUT2D eigenvalue weighted by Crippen LogP contribution is 2.15. The lowest BCUT2D eigenvalue weighted by molar-refractivity contribution is 0.0224. The Morgan fingerprint density at radius 2 is 1.84 bits per heavy atom. The summed E-state index contributed by atoms with van der Waals surface area (Å²) in [5, 5.41) is 9.96. The average Bonchev–Trinajstić information content (AvgIpc) is 2.37. The van der Waals surface area contributed by atoms with Crippen molar-refractivity contribution in [3.8, 4) is 0 Å². The van der Waals surface area contributed by atoms with Gasteiger partial charge in [0.1, 0.15) is 0 Å². The van der Waals surface area contributed by atoms with E-state index in [1.54, 1.807) is 13.8 Å². The molecule has 0 radical (unpaired) electrons. The number of ketones is 1. The van der Waals surface area contributed by atoms with Crippen LogP contribution in [0.5, 0.6) is 0 Å². The van der Waals surface area contributed by atoms with Gasteiger partial charge in [-0.05, 0) is 26.8 Å². The smallest absolute Gasteiger partial charge is 0.179 e. The van der Waals surface area contributed by atoms with Crippen LogP contribution in [-0.2, 0) is 0 Å². The molecule has 1 rings (SSSR count). The molecule has 1 aromatic carbocycles. The highest BCUT2D eigenvalue weighted by molar-refractivity contribution is 6.00. The number of carbonyl (C=O) groups is 1. The van der Waals surface area contributed by atoms with Crippen LogP contribution in [0, 0.1) is 0 Å². The summed E-state index contributed by atoms with van der Waals surface area (Å²) in [5.74, 6) is 0.134. The maximum atomic E-state index is 12.5. The summed E-state index contributed by atoms with van der Waals surface area (Å²) >= 11 is 0. The predicted molar refractivity (Wildman–Crippen MR) is 78.4 cm³/mol. The van der Waals surface area contributed by atoms with Crippen molar-refractivity contribution in [1.29, 1.82) is 0 Å². The summed E-state index contributed by atoms with van der Waals surface area (Å²) in [7, 11) is 0. The molecule has 0 amide bonds. The fraction of sp³-hybridized carbons (Fsp3) is 0.562. The average molecular weight is 263 g/mol. The molecule has 0 aromatic heterocycles. The lowest BCUT2D eigenvalue weighted by Gasteiger charge is -2.33. The van der Waals surface area contributed by atoms with Crippen LogP contribution in [0.3, 0.4) is 0 Å². The molecule has 19 heavy (non-hydrogen) atoms. The normalized spacial score (nSPS) is 13.6. The minimum absolute atomic E-state index is 0.134. The van der Waals surface area contributed by atoms with E-state index in [4.69, 9.17) is 0 Å². The Labute approximate surface area is 116 Å². The fourth-order valence-electron chi connectivity index (χ4n) is 2.34. The number of carbonyl (C=O) groups excluding carboxylic acids is 1. The summed E-state index contributed by atoms with van der Waals surface area (Å²) in [6, 6.07) is 9.20. The van der Waals surface area contributed by atoms with Crippen LogP contribution in [0.2, 0.25) is 0 Å². The van der Waals surface area contributed by atoms with Crippen molar-refractivity contribution in [3.63, 3.8) is 0 Å². The lowest BCUT2D eigenvalue weighted by atomic mass is 9.99. The van der Waals surface area contributed by atoms with Gasteiger partial charge in [-0.25, -0.2) is 0 Å². The van der Waals surface area contributed by atoms with Crippen molar-refractivity contribution in [2.24, 2.45) is 0 Å². The van der Waals surface area contributed by atoms with Crippen LogP contribution >= 0.6 is 0 Å². The van der Waals surface area contributed by atoms with Crippen molar-refractivity contribution in [3.05, 3.63) is 35.9 Å². The highest BCUT2D eigenvalue weighted by atomic mass is 16.3. The Kier molecular flexibility index (Phi) is 5.70. The van der Waals surface area contributed by atoms with Gasteiger partial charge in [-0.1, -0.05) is 44.2 Å². The molecule has 0 bridgehead atoms. The van der Waals surface area contributed by atoms with E-state index in [1.807, 2.05) is 44.2 Å². The molecule has 0 fully saturated rings. The third-order valence-electron chi connectivity index (χ3n) is 3.18.